The summed E-state index contributed by atoms with van der Waals surface area (Å²) < 4.78 is 20.9. The van der Waals surface area contributed by atoms with Crippen molar-refractivity contribution < 1.29 is 19.0 Å². The standard InChI is InChI=1S/C27H27FN4O3S/c1-15-11-18(14-33)32(13-15)26-17(7-8-23-25(26)30-16(2)36-23)12-21(34)20-9-10-29-27(31-20)24-19(28)5-4-6-22(24)35-3/h4-10,15,18,33H,11-14H2,1-3H3/t15-,18+/m1/s1. The molecule has 0 spiro atoms. The van der Waals surface area contributed by atoms with Gasteiger partial charge in [0, 0.05) is 19.2 Å². The first-order chi connectivity index (χ1) is 17.4. The molecule has 1 fully saturated rings. The molecule has 1 aliphatic rings. The van der Waals surface area contributed by atoms with E-state index < -0.39 is 5.82 Å². The van der Waals surface area contributed by atoms with E-state index in [2.05, 4.69) is 21.8 Å². The van der Waals surface area contributed by atoms with Crippen LogP contribution in [0.2, 0.25) is 0 Å². The van der Waals surface area contributed by atoms with Crippen LogP contribution in [0.5, 0.6) is 5.75 Å². The maximum atomic E-state index is 14.6. The van der Waals surface area contributed by atoms with Gasteiger partial charge in [-0.05, 0) is 49.1 Å². The lowest BCUT2D eigenvalue weighted by Crippen LogP contribution is -2.33. The second kappa shape index (κ2) is 9.91. The van der Waals surface area contributed by atoms with E-state index in [1.807, 2.05) is 19.1 Å². The number of hydrogen-bond acceptors (Lipinski definition) is 8. The second-order valence-electron chi connectivity index (χ2n) is 9.17. The molecular formula is C27H27FN4O3S. The molecule has 0 unspecified atom stereocenters. The molecule has 186 valence electrons. The monoisotopic (exact) mass is 506 g/mol. The van der Waals surface area contributed by atoms with Gasteiger partial charge in [-0.25, -0.2) is 19.3 Å². The number of carbonyl (C=O) groups excluding carboxylic acids is 1. The van der Waals surface area contributed by atoms with Gasteiger partial charge in [-0.3, -0.25) is 4.79 Å². The third kappa shape index (κ3) is 4.44. The Bertz CT molecular complexity index is 1440. The normalized spacial score (nSPS) is 17.6. The van der Waals surface area contributed by atoms with E-state index in [-0.39, 0.29) is 41.9 Å². The summed E-state index contributed by atoms with van der Waals surface area (Å²) in [5.41, 5.74) is 2.90. The highest BCUT2D eigenvalue weighted by molar-refractivity contribution is 7.18. The van der Waals surface area contributed by atoms with E-state index in [1.54, 1.807) is 29.5 Å². The lowest BCUT2D eigenvalue weighted by Gasteiger charge is -2.28. The Morgan fingerprint density at radius 3 is 2.86 bits per heavy atom. The molecule has 0 saturated carbocycles. The predicted octanol–water partition coefficient (Wildman–Crippen LogP) is 4.84. The van der Waals surface area contributed by atoms with Crippen molar-refractivity contribution in [2.45, 2.75) is 32.7 Å². The zero-order valence-electron chi connectivity index (χ0n) is 20.4. The van der Waals surface area contributed by atoms with Crippen molar-refractivity contribution in [2.75, 3.05) is 25.2 Å². The van der Waals surface area contributed by atoms with Gasteiger partial charge in [0.2, 0.25) is 0 Å². The molecule has 5 rings (SSSR count). The van der Waals surface area contributed by atoms with Gasteiger partial charge in [-0.1, -0.05) is 19.1 Å². The first-order valence-corrected chi connectivity index (χ1v) is 12.7. The third-order valence-electron chi connectivity index (χ3n) is 6.56. The number of anilines is 1. The molecular weight excluding hydrogens is 479 g/mol. The molecule has 1 aliphatic heterocycles. The summed E-state index contributed by atoms with van der Waals surface area (Å²) in [6, 6.07) is 9.95. The fourth-order valence-electron chi connectivity index (χ4n) is 4.98. The van der Waals surface area contributed by atoms with E-state index in [0.29, 0.717) is 11.7 Å². The van der Waals surface area contributed by atoms with Crippen molar-refractivity contribution in [3.05, 3.63) is 64.7 Å². The summed E-state index contributed by atoms with van der Waals surface area (Å²) in [5.74, 6) is 0.0682. The number of aromatic nitrogens is 3. The minimum absolute atomic E-state index is 0.0272. The van der Waals surface area contributed by atoms with Gasteiger partial charge in [0.15, 0.2) is 11.6 Å². The molecule has 2 atom stereocenters. The van der Waals surface area contributed by atoms with Crippen LogP contribution in [0.4, 0.5) is 10.1 Å². The molecule has 3 heterocycles. The number of fused-ring (bicyclic) bond motifs is 1. The van der Waals surface area contributed by atoms with Crippen LogP contribution in [-0.2, 0) is 6.42 Å². The van der Waals surface area contributed by atoms with E-state index in [9.17, 15) is 14.3 Å². The van der Waals surface area contributed by atoms with Crippen LogP contribution in [0.1, 0.15) is 34.4 Å². The maximum Gasteiger partial charge on any atom is 0.185 e. The van der Waals surface area contributed by atoms with E-state index in [1.165, 1.54) is 19.4 Å². The number of ether oxygens (including phenoxy) is 1. The second-order valence-corrected chi connectivity index (χ2v) is 10.4. The van der Waals surface area contributed by atoms with Crippen LogP contribution >= 0.6 is 11.3 Å². The molecule has 0 aliphatic carbocycles. The molecule has 1 saturated heterocycles. The number of aryl methyl sites for hydroxylation is 1. The van der Waals surface area contributed by atoms with Crippen molar-refractivity contribution in [3.8, 4) is 17.1 Å². The van der Waals surface area contributed by atoms with E-state index in [4.69, 9.17) is 9.72 Å². The van der Waals surface area contributed by atoms with Crippen LogP contribution in [0.25, 0.3) is 21.6 Å². The van der Waals surface area contributed by atoms with E-state index in [0.717, 1.165) is 39.4 Å². The lowest BCUT2D eigenvalue weighted by atomic mass is 10.0. The van der Waals surface area contributed by atoms with Gasteiger partial charge in [-0.2, -0.15) is 0 Å². The van der Waals surface area contributed by atoms with Crippen molar-refractivity contribution in [1.82, 2.24) is 15.0 Å². The van der Waals surface area contributed by atoms with Crippen molar-refractivity contribution >= 4 is 33.0 Å². The molecule has 1 N–H and O–H groups in total. The number of rotatable bonds is 7. The number of carbonyl (C=O) groups is 1. The summed E-state index contributed by atoms with van der Waals surface area (Å²) in [6.07, 6.45) is 2.43. The summed E-state index contributed by atoms with van der Waals surface area (Å²) in [6.45, 7) is 4.96. The zero-order valence-corrected chi connectivity index (χ0v) is 21.2. The highest BCUT2D eigenvalue weighted by Crippen LogP contribution is 2.39. The number of Topliss-reactive ketones (excluding diaryl/α,β-unsaturated/α-hetero) is 1. The fraction of sp³-hybridized carbons (Fsp3) is 0.333. The molecule has 2 aromatic carbocycles. The first kappa shape index (κ1) is 24.3. The summed E-state index contributed by atoms with van der Waals surface area (Å²) in [4.78, 5) is 29.0. The molecule has 9 heteroatoms. The van der Waals surface area contributed by atoms with Crippen molar-refractivity contribution in [3.63, 3.8) is 0 Å². The number of aliphatic hydroxyl groups is 1. The summed E-state index contributed by atoms with van der Waals surface area (Å²) >= 11 is 1.61. The predicted molar refractivity (Wildman–Crippen MR) is 138 cm³/mol. The Kier molecular flexibility index (Phi) is 6.68. The van der Waals surface area contributed by atoms with Crippen LogP contribution in [0, 0.1) is 18.7 Å². The van der Waals surface area contributed by atoms with Gasteiger partial charge in [0.25, 0.3) is 0 Å². The quantitative estimate of drug-likeness (QED) is 0.359. The number of methoxy groups -OCH3 is 1. The SMILES string of the molecule is COc1cccc(F)c1-c1nccc(C(=O)Cc2ccc3sc(C)nc3c2N2C[C@H](C)C[C@H]2CO)n1. The topological polar surface area (TPSA) is 88.4 Å². The smallest absolute Gasteiger partial charge is 0.185 e. The Morgan fingerprint density at radius 1 is 1.25 bits per heavy atom. The molecule has 4 aromatic rings. The van der Waals surface area contributed by atoms with Gasteiger partial charge in [-0.15, -0.1) is 11.3 Å². The average Bonchev–Trinajstić information content (AvgIpc) is 3.44. The Hall–Kier alpha value is -3.43. The zero-order chi connectivity index (χ0) is 25.4. The number of thiazole rings is 1. The minimum Gasteiger partial charge on any atom is -0.496 e. The highest BCUT2D eigenvalue weighted by Gasteiger charge is 2.33. The number of halogens is 1. The maximum absolute atomic E-state index is 14.6. The molecule has 0 amide bonds. The van der Waals surface area contributed by atoms with Crippen LogP contribution in [0.3, 0.4) is 0 Å². The van der Waals surface area contributed by atoms with Crippen molar-refractivity contribution in [2.24, 2.45) is 5.92 Å². The highest BCUT2D eigenvalue weighted by atomic mass is 32.1. The van der Waals surface area contributed by atoms with Gasteiger partial charge >= 0.3 is 0 Å². The number of ketones is 1. The molecule has 36 heavy (non-hydrogen) atoms. The Labute approximate surface area is 212 Å². The lowest BCUT2D eigenvalue weighted by molar-refractivity contribution is 0.0988. The van der Waals surface area contributed by atoms with Crippen LogP contribution in [-0.4, -0.2) is 52.1 Å². The molecule has 0 radical (unpaired) electrons. The molecule has 0 bridgehead atoms. The third-order valence-corrected chi connectivity index (χ3v) is 7.49. The van der Waals surface area contributed by atoms with Gasteiger partial charge in [0.1, 0.15) is 22.8 Å². The van der Waals surface area contributed by atoms with Crippen LogP contribution < -0.4 is 9.64 Å². The van der Waals surface area contributed by atoms with E-state index >= 15 is 0 Å². The Balaban J connectivity index is 1.53. The molecule has 2 aromatic heterocycles. The number of aliphatic hydroxyl groups excluding tert-OH is 1. The Morgan fingerprint density at radius 2 is 2.08 bits per heavy atom. The van der Waals surface area contributed by atoms with Gasteiger partial charge in [0.05, 0.1) is 40.7 Å². The fourth-order valence-corrected chi connectivity index (χ4v) is 5.81. The van der Waals surface area contributed by atoms with Gasteiger partial charge < -0.3 is 14.7 Å². The van der Waals surface area contributed by atoms with Crippen LogP contribution in [0.15, 0.2) is 42.6 Å². The van der Waals surface area contributed by atoms with Crippen molar-refractivity contribution in [1.29, 1.82) is 0 Å². The number of nitrogens with zero attached hydrogens (tertiary/aromatic N) is 4. The summed E-state index contributed by atoms with van der Waals surface area (Å²) in [7, 11) is 1.45. The number of hydrogen-bond donors (Lipinski definition) is 1. The molecule has 7 nitrogen and oxygen atoms in total. The first-order valence-electron chi connectivity index (χ1n) is 11.8. The summed E-state index contributed by atoms with van der Waals surface area (Å²) in [5, 5.41) is 11.0. The number of benzene rings is 2. The minimum atomic E-state index is -0.524. The average molecular weight is 507 g/mol. The largest absolute Gasteiger partial charge is 0.496 e.